The number of pyridine rings is 4. The molecule has 4 aromatic heterocycles. The molecule has 0 radical (unpaired) electrons. The second-order valence-corrected chi connectivity index (χ2v) is 10.9. The van der Waals surface area contributed by atoms with Gasteiger partial charge in [-0.2, -0.15) is 0 Å². The zero-order chi connectivity index (χ0) is 30.6. The number of aromatic nitrogens is 4. The first-order valence-corrected chi connectivity index (χ1v) is 15.0. The van der Waals surface area contributed by atoms with E-state index in [1.54, 1.807) is 12.4 Å². The molecule has 7 aromatic rings. The lowest BCUT2D eigenvalue weighted by Crippen LogP contribution is -2.10. The van der Waals surface area contributed by atoms with E-state index in [-0.39, 0.29) is 0 Å². The normalized spacial score (nSPS) is 10.9. The summed E-state index contributed by atoms with van der Waals surface area (Å²) in [5.74, 6) is 0. The molecular weight excluding hydrogens is 550 g/mol. The summed E-state index contributed by atoms with van der Waals surface area (Å²) < 4.78 is 0. The molecule has 0 aliphatic heterocycles. The number of nitrogens with zero attached hydrogens (tertiary/aromatic N) is 5. The molecule has 3 aromatic carbocycles. The molecule has 5 nitrogen and oxygen atoms in total. The molecule has 4 heterocycles. The van der Waals surface area contributed by atoms with Crippen LogP contribution in [0.3, 0.4) is 0 Å². The SMILES string of the molecule is Cc1cc(N(c2ccccc2)c2ccc(-c3cccc(-c4ccccn4)n3)c(C)c2)ccc1-c1cccc(-c2ccccn2)n1. The Bertz CT molecular complexity index is 1940. The highest BCUT2D eigenvalue weighted by Crippen LogP contribution is 2.38. The molecule has 0 bridgehead atoms. The lowest BCUT2D eigenvalue weighted by molar-refractivity contribution is 1.23. The van der Waals surface area contributed by atoms with E-state index in [0.717, 1.165) is 73.5 Å². The number of para-hydroxylation sites is 1. The van der Waals surface area contributed by atoms with E-state index in [2.05, 4.69) is 102 Å². The third-order valence-corrected chi connectivity index (χ3v) is 7.86. The van der Waals surface area contributed by atoms with Crippen LogP contribution in [0.15, 0.2) is 152 Å². The highest BCUT2D eigenvalue weighted by Gasteiger charge is 2.16. The van der Waals surface area contributed by atoms with Gasteiger partial charge in [-0.3, -0.25) is 9.97 Å². The Kier molecular flexibility index (Phi) is 7.65. The fraction of sp³-hybridized carbons (Fsp3) is 0.0500. The van der Waals surface area contributed by atoms with Crippen molar-refractivity contribution < 1.29 is 0 Å². The summed E-state index contributed by atoms with van der Waals surface area (Å²) in [7, 11) is 0. The first-order chi connectivity index (χ1) is 22.1. The molecular formula is C40H31N5. The molecule has 0 aliphatic carbocycles. The molecule has 45 heavy (non-hydrogen) atoms. The molecule has 0 N–H and O–H groups in total. The lowest BCUT2D eigenvalue weighted by Gasteiger charge is -2.27. The third kappa shape index (κ3) is 5.84. The zero-order valence-electron chi connectivity index (χ0n) is 25.2. The van der Waals surface area contributed by atoms with Crippen molar-refractivity contribution >= 4 is 17.1 Å². The summed E-state index contributed by atoms with van der Waals surface area (Å²) in [6, 6.07) is 47.6. The van der Waals surface area contributed by atoms with Gasteiger partial charge >= 0.3 is 0 Å². The van der Waals surface area contributed by atoms with E-state index < -0.39 is 0 Å². The molecule has 7 rings (SSSR count). The Morgan fingerprint density at radius 1 is 0.378 bits per heavy atom. The Hall–Kier alpha value is -5.94. The Morgan fingerprint density at radius 2 is 0.822 bits per heavy atom. The molecule has 0 saturated heterocycles. The van der Waals surface area contributed by atoms with Crippen LogP contribution in [0.5, 0.6) is 0 Å². The molecule has 0 amide bonds. The van der Waals surface area contributed by atoms with E-state index >= 15 is 0 Å². The van der Waals surface area contributed by atoms with Gasteiger partial charge in [-0.05, 0) is 110 Å². The van der Waals surface area contributed by atoms with Crippen molar-refractivity contribution in [3.63, 3.8) is 0 Å². The van der Waals surface area contributed by atoms with Gasteiger partial charge in [-0.1, -0.05) is 54.6 Å². The minimum Gasteiger partial charge on any atom is -0.310 e. The van der Waals surface area contributed by atoms with E-state index in [4.69, 9.17) is 9.97 Å². The van der Waals surface area contributed by atoms with E-state index in [1.165, 1.54) is 0 Å². The summed E-state index contributed by atoms with van der Waals surface area (Å²) in [6.07, 6.45) is 3.60. The van der Waals surface area contributed by atoms with Gasteiger partial charge in [0.1, 0.15) is 0 Å². The number of hydrogen-bond acceptors (Lipinski definition) is 5. The first kappa shape index (κ1) is 27.9. The minimum absolute atomic E-state index is 0.859. The maximum Gasteiger partial charge on any atom is 0.0893 e. The monoisotopic (exact) mass is 581 g/mol. The van der Waals surface area contributed by atoms with Crippen molar-refractivity contribution in [1.29, 1.82) is 0 Å². The number of aryl methyl sites for hydroxylation is 2. The topological polar surface area (TPSA) is 54.8 Å². The number of rotatable bonds is 7. The van der Waals surface area contributed by atoms with E-state index in [1.807, 2.05) is 66.7 Å². The highest BCUT2D eigenvalue weighted by molar-refractivity contribution is 5.81. The van der Waals surface area contributed by atoms with Crippen molar-refractivity contribution in [3.8, 4) is 45.3 Å². The smallest absolute Gasteiger partial charge is 0.0893 e. The Balaban J connectivity index is 1.25. The van der Waals surface area contributed by atoms with Gasteiger partial charge < -0.3 is 4.90 Å². The van der Waals surface area contributed by atoms with Crippen molar-refractivity contribution in [2.24, 2.45) is 0 Å². The largest absolute Gasteiger partial charge is 0.310 e. The molecule has 0 spiro atoms. The van der Waals surface area contributed by atoms with Crippen LogP contribution < -0.4 is 4.90 Å². The average molecular weight is 582 g/mol. The molecule has 0 saturated carbocycles. The van der Waals surface area contributed by atoms with Gasteiger partial charge in [-0.15, -0.1) is 0 Å². The highest BCUT2D eigenvalue weighted by atomic mass is 15.1. The minimum atomic E-state index is 0.859. The lowest BCUT2D eigenvalue weighted by atomic mass is 10.0. The van der Waals surface area contributed by atoms with Crippen LogP contribution in [-0.4, -0.2) is 19.9 Å². The van der Waals surface area contributed by atoms with Crippen LogP contribution in [0.4, 0.5) is 17.1 Å². The fourth-order valence-electron chi connectivity index (χ4n) is 5.66. The van der Waals surface area contributed by atoms with Gasteiger partial charge in [0.15, 0.2) is 0 Å². The summed E-state index contributed by atoms with van der Waals surface area (Å²) in [4.78, 5) is 21.2. The van der Waals surface area contributed by atoms with Crippen LogP contribution in [-0.2, 0) is 0 Å². The van der Waals surface area contributed by atoms with Crippen LogP contribution >= 0.6 is 0 Å². The first-order valence-electron chi connectivity index (χ1n) is 15.0. The predicted molar refractivity (Wildman–Crippen MR) is 184 cm³/mol. The molecule has 5 heteroatoms. The van der Waals surface area contributed by atoms with Gasteiger partial charge in [-0.25, -0.2) is 9.97 Å². The summed E-state index contributed by atoms with van der Waals surface area (Å²) >= 11 is 0. The van der Waals surface area contributed by atoms with E-state index in [0.29, 0.717) is 0 Å². The zero-order valence-corrected chi connectivity index (χ0v) is 25.2. The molecule has 0 fully saturated rings. The van der Waals surface area contributed by atoms with Crippen molar-refractivity contribution in [2.75, 3.05) is 4.90 Å². The maximum absolute atomic E-state index is 4.95. The van der Waals surface area contributed by atoms with Gasteiger partial charge in [0.05, 0.1) is 34.2 Å². The van der Waals surface area contributed by atoms with Crippen molar-refractivity contribution in [2.45, 2.75) is 13.8 Å². The van der Waals surface area contributed by atoms with Crippen LogP contribution in [0.1, 0.15) is 11.1 Å². The number of benzene rings is 3. The average Bonchev–Trinajstić information content (AvgIpc) is 3.10. The van der Waals surface area contributed by atoms with Crippen LogP contribution in [0.25, 0.3) is 45.3 Å². The molecule has 0 aliphatic rings. The quantitative estimate of drug-likeness (QED) is 0.187. The van der Waals surface area contributed by atoms with Crippen LogP contribution in [0.2, 0.25) is 0 Å². The van der Waals surface area contributed by atoms with Gasteiger partial charge in [0.2, 0.25) is 0 Å². The Labute approximate surface area is 263 Å². The van der Waals surface area contributed by atoms with Gasteiger partial charge in [0, 0.05) is 40.6 Å². The van der Waals surface area contributed by atoms with E-state index in [9.17, 15) is 0 Å². The number of hydrogen-bond donors (Lipinski definition) is 0. The van der Waals surface area contributed by atoms with Crippen molar-refractivity contribution in [1.82, 2.24) is 19.9 Å². The standard InChI is InChI=1S/C40H31N5/c1-28-26-31(20-22-33(28)35-16-10-18-39(43-35)37-14-6-8-24-41-37)45(30-12-4-3-5-13-30)32-21-23-34(29(2)27-32)36-17-11-19-40(44-36)38-15-7-9-25-42-38/h3-27H,1-2H3. The fourth-order valence-corrected chi connectivity index (χ4v) is 5.66. The Morgan fingerprint density at radius 3 is 1.27 bits per heavy atom. The second kappa shape index (κ2) is 12.3. The predicted octanol–water partition coefficient (Wildman–Crippen LogP) is 10.0. The van der Waals surface area contributed by atoms with Crippen LogP contribution in [0, 0.1) is 13.8 Å². The molecule has 216 valence electrons. The third-order valence-electron chi connectivity index (χ3n) is 7.86. The molecule has 0 atom stereocenters. The summed E-state index contributed by atoms with van der Waals surface area (Å²) in [5.41, 5.74) is 13.0. The number of anilines is 3. The van der Waals surface area contributed by atoms with Gasteiger partial charge in [0.25, 0.3) is 0 Å². The maximum atomic E-state index is 4.95. The molecule has 0 unspecified atom stereocenters. The van der Waals surface area contributed by atoms with Crippen molar-refractivity contribution in [3.05, 3.63) is 163 Å². The summed E-state index contributed by atoms with van der Waals surface area (Å²) in [6.45, 7) is 4.29. The summed E-state index contributed by atoms with van der Waals surface area (Å²) in [5, 5.41) is 0. The second-order valence-electron chi connectivity index (χ2n) is 10.9.